The summed E-state index contributed by atoms with van der Waals surface area (Å²) in [5, 5.41) is 0. The van der Waals surface area contributed by atoms with Crippen LogP contribution in [0.5, 0.6) is 0 Å². The van der Waals surface area contributed by atoms with Gasteiger partial charge in [-0.25, -0.2) is 4.79 Å². The third kappa shape index (κ3) is 2.28. The summed E-state index contributed by atoms with van der Waals surface area (Å²) in [6.45, 7) is 7.65. The molecule has 2 aliphatic rings. The molecular formula is C16H21NO3. The van der Waals surface area contributed by atoms with Crippen LogP contribution in [0.25, 0.3) is 0 Å². The van der Waals surface area contributed by atoms with E-state index in [4.69, 9.17) is 4.42 Å². The molecule has 2 fully saturated rings. The summed E-state index contributed by atoms with van der Waals surface area (Å²) in [5.41, 5.74) is 0.557. The Balaban J connectivity index is 1.87. The summed E-state index contributed by atoms with van der Waals surface area (Å²) < 4.78 is 4.81. The number of likely N-dealkylation sites (tertiary alicyclic amines) is 1. The molecule has 4 heteroatoms. The van der Waals surface area contributed by atoms with Crippen molar-refractivity contribution in [3.05, 3.63) is 34.4 Å². The minimum absolute atomic E-state index is 0.0137. The molecule has 2 heterocycles. The first-order valence-corrected chi connectivity index (χ1v) is 7.18. The van der Waals surface area contributed by atoms with Crippen molar-refractivity contribution in [2.45, 2.75) is 46.1 Å². The quantitative estimate of drug-likeness (QED) is 0.791. The maximum atomic E-state index is 12.6. The minimum atomic E-state index is -0.421. The van der Waals surface area contributed by atoms with E-state index in [9.17, 15) is 9.59 Å². The molecule has 0 spiro atoms. The van der Waals surface area contributed by atoms with Gasteiger partial charge in [-0.2, -0.15) is 0 Å². The minimum Gasteiger partial charge on any atom is -0.430 e. The number of carbonyl (C=O) groups excluding carboxylic acids is 1. The Morgan fingerprint density at radius 1 is 1.30 bits per heavy atom. The van der Waals surface area contributed by atoms with E-state index in [2.05, 4.69) is 20.8 Å². The molecule has 1 aliphatic carbocycles. The molecule has 1 aromatic rings. The average molecular weight is 275 g/mol. The van der Waals surface area contributed by atoms with E-state index >= 15 is 0 Å². The third-order valence-electron chi connectivity index (χ3n) is 4.62. The highest BCUT2D eigenvalue weighted by Crippen LogP contribution is 2.52. The molecule has 0 N–H and O–H groups in total. The smallest absolute Gasteiger partial charge is 0.335 e. The fraction of sp³-hybridized carbons (Fsp3) is 0.625. The van der Waals surface area contributed by atoms with Crippen molar-refractivity contribution in [1.29, 1.82) is 0 Å². The normalized spacial score (nSPS) is 31.4. The first-order valence-electron chi connectivity index (χ1n) is 7.18. The first kappa shape index (κ1) is 13.4. The lowest BCUT2D eigenvalue weighted by Crippen LogP contribution is -2.37. The standard InChI is InChI=1S/C16H21NO3/c1-15(2)6-12-7-16(3,9-15)10-17(12)14(19)11-4-5-13(18)20-8-11/h4-5,8,12H,6-7,9-10H2,1-3H3. The molecule has 1 saturated carbocycles. The van der Waals surface area contributed by atoms with Crippen molar-refractivity contribution in [1.82, 2.24) is 4.90 Å². The van der Waals surface area contributed by atoms with Gasteiger partial charge in [-0.3, -0.25) is 4.79 Å². The van der Waals surface area contributed by atoms with Crippen molar-refractivity contribution in [2.75, 3.05) is 6.54 Å². The Kier molecular flexibility index (Phi) is 2.82. The Labute approximate surface area is 118 Å². The SMILES string of the molecule is CC1(C)CC2CC(C)(CN2C(=O)c2ccc(=O)oc2)C1. The number of hydrogen-bond donors (Lipinski definition) is 0. The van der Waals surface area contributed by atoms with Gasteiger partial charge in [-0.05, 0) is 36.2 Å². The molecule has 1 aromatic heterocycles. The number of rotatable bonds is 1. The average Bonchev–Trinajstić information content (AvgIpc) is 2.58. The van der Waals surface area contributed by atoms with E-state index in [0.717, 1.165) is 25.8 Å². The van der Waals surface area contributed by atoms with Gasteiger partial charge in [0, 0.05) is 18.7 Å². The fourth-order valence-corrected chi connectivity index (χ4v) is 4.34. The number of amides is 1. The van der Waals surface area contributed by atoms with Gasteiger partial charge in [-0.15, -0.1) is 0 Å². The van der Waals surface area contributed by atoms with Crippen molar-refractivity contribution in [3.63, 3.8) is 0 Å². The van der Waals surface area contributed by atoms with Crippen LogP contribution < -0.4 is 5.63 Å². The highest BCUT2D eigenvalue weighted by atomic mass is 16.4. The van der Waals surface area contributed by atoms with E-state index in [1.165, 1.54) is 12.3 Å². The van der Waals surface area contributed by atoms with Crippen molar-refractivity contribution < 1.29 is 9.21 Å². The number of fused-ring (bicyclic) bond motifs is 2. The van der Waals surface area contributed by atoms with Gasteiger partial charge in [0.05, 0.1) is 5.56 Å². The third-order valence-corrected chi connectivity index (χ3v) is 4.62. The zero-order valence-corrected chi connectivity index (χ0v) is 12.3. The number of carbonyl (C=O) groups is 1. The molecule has 1 amide bonds. The van der Waals surface area contributed by atoms with Gasteiger partial charge in [0.25, 0.3) is 5.91 Å². The summed E-state index contributed by atoms with van der Waals surface area (Å²) in [6, 6.07) is 3.17. The first-order chi connectivity index (χ1) is 9.28. The highest BCUT2D eigenvalue weighted by molar-refractivity contribution is 5.94. The van der Waals surface area contributed by atoms with Crippen LogP contribution in [-0.4, -0.2) is 23.4 Å². The lowest BCUT2D eigenvalue weighted by Gasteiger charge is -2.39. The molecule has 3 rings (SSSR count). The lowest BCUT2D eigenvalue weighted by atomic mass is 9.65. The molecule has 0 radical (unpaired) electrons. The highest BCUT2D eigenvalue weighted by Gasteiger charge is 2.51. The van der Waals surface area contributed by atoms with Crippen LogP contribution in [0.1, 0.15) is 50.4 Å². The monoisotopic (exact) mass is 275 g/mol. The topological polar surface area (TPSA) is 50.5 Å². The molecule has 2 atom stereocenters. The van der Waals surface area contributed by atoms with Gasteiger partial charge < -0.3 is 9.32 Å². The fourth-order valence-electron chi connectivity index (χ4n) is 4.34. The molecule has 2 bridgehead atoms. The second kappa shape index (κ2) is 4.21. The largest absolute Gasteiger partial charge is 0.430 e. The van der Waals surface area contributed by atoms with Gasteiger partial charge in [0.15, 0.2) is 0 Å². The van der Waals surface area contributed by atoms with Gasteiger partial charge >= 0.3 is 5.63 Å². The zero-order valence-electron chi connectivity index (χ0n) is 12.3. The molecule has 20 heavy (non-hydrogen) atoms. The molecule has 0 aromatic carbocycles. The summed E-state index contributed by atoms with van der Waals surface area (Å²) in [7, 11) is 0. The maximum Gasteiger partial charge on any atom is 0.335 e. The van der Waals surface area contributed by atoms with Crippen molar-refractivity contribution >= 4 is 5.91 Å². The van der Waals surface area contributed by atoms with Crippen molar-refractivity contribution in [2.24, 2.45) is 10.8 Å². The molecule has 1 aliphatic heterocycles. The van der Waals surface area contributed by atoms with Crippen LogP contribution in [0.15, 0.2) is 27.6 Å². The predicted molar refractivity (Wildman–Crippen MR) is 75.5 cm³/mol. The van der Waals surface area contributed by atoms with E-state index in [-0.39, 0.29) is 16.7 Å². The summed E-state index contributed by atoms with van der Waals surface area (Å²) in [6.07, 6.45) is 4.56. The zero-order chi connectivity index (χ0) is 14.5. The Hall–Kier alpha value is -1.58. The van der Waals surface area contributed by atoms with Crippen LogP contribution in [0.3, 0.4) is 0 Å². The van der Waals surface area contributed by atoms with Gasteiger partial charge in [-0.1, -0.05) is 20.8 Å². The van der Waals surface area contributed by atoms with Crippen LogP contribution in [-0.2, 0) is 0 Å². The van der Waals surface area contributed by atoms with Gasteiger partial charge in [0.1, 0.15) is 6.26 Å². The van der Waals surface area contributed by atoms with E-state index < -0.39 is 5.63 Å². The second-order valence-corrected chi connectivity index (χ2v) is 7.49. The van der Waals surface area contributed by atoms with E-state index in [0.29, 0.717) is 11.6 Å². The van der Waals surface area contributed by atoms with Crippen molar-refractivity contribution in [3.8, 4) is 0 Å². The number of nitrogens with zero attached hydrogens (tertiary/aromatic N) is 1. The summed E-state index contributed by atoms with van der Waals surface area (Å²) in [5.74, 6) is -0.0137. The molecule has 2 unspecified atom stereocenters. The number of hydrogen-bond acceptors (Lipinski definition) is 3. The molecule has 1 saturated heterocycles. The van der Waals surface area contributed by atoms with Crippen LogP contribution in [0.2, 0.25) is 0 Å². The van der Waals surface area contributed by atoms with Crippen LogP contribution >= 0.6 is 0 Å². The predicted octanol–water partition coefficient (Wildman–Crippen LogP) is 2.68. The Morgan fingerprint density at radius 3 is 2.70 bits per heavy atom. The Bertz CT molecular complexity index is 583. The maximum absolute atomic E-state index is 12.6. The second-order valence-electron chi connectivity index (χ2n) is 7.49. The van der Waals surface area contributed by atoms with Crippen LogP contribution in [0.4, 0.5) is 0 Å². The summed E-state index contributed by atoms with van der Waals surface area (Å²) in [4.78, 5) is 25.6. The lowest BCUT2D eigenvalue weighted by molar-refractivity contribution is 0.0705. The molecular weight excluding hydrogens is 254 g/mol. The summed E-state index contributed by atoms with van der Waals surface area (Å²) >= 11 is 0. The van der Waals surface area contributed by atoms with E-state index in [1.54, 1.807) is 6.07 Å². The molecule has 4 nitrogen and oxygen atoms in total. The van der Waals surface area contributed by atoms with Gasteiger partial charge in [0.2, 0.25) is 0 Å². The Morgan fingerprint density at radius 2 is 2.05 bits per heavy atom. The van der Waals surface area contributed by atoms with E-state index in [1.807, 2.05) is 4.90 Å². The van der Waals surface area contributed by atoms with Crippen LogP contribution in [0, 0.1) is 10.8 Å². The molecule has 108 valence electrons.